The average Bonchev–Trinajstić information content (AvgIpc) is 4.00. The number of nitrogens with zero attached hydrogens (tertiary/aromatic N) is 8. The number of ether oxygens (including phenoxy) is 2. The number of anilines is 2. The van der Waals surface area contributed by atoms with Gasteiger partial charge in [0.25, 0.3) is 0 Å². The van der Waals surface area contributed by atoms with Gasteiger partial charge in [-0.15, -0.1) is 0 Å². The van der Waals surface area contributed by atoms with Crippen LogP contribution in [0.15, 0.2) is 70.5 Å². The molecule has 1 unspecified atom stereocenters. The average molecular weight is 974 g/mol. The van der Waals surface area contributed by atoms with E-state index in [2.05, 4.69) is 15.1 Å². The van der Waals surface area contributed by atoms with Crippen LogP contribution in [0, 0.1) is 0 Å². The molecule has 2 aliphatic carbocycles. The minimum absolute atomic E-state index is 0.00535. The fourth-order valence-electron chi connectivity index (χ4n) is 8.50. The molecule has 0 N–H and O–H groups in total. The van der Waals surface area contributed by atoms with Gasteiger partial charge in [0.15, 0.2) is 0 Å². The lowest BCUT2D eigenvalue weighted by atomic mass is 10.2. The van der Waals surface area contributed by atoms with Crippen molar-refractivity contribution in [2.45, 2.75) is 115 Å². The smallest absolute Gasteiger partial charge is 0.316 e. The molecule has 19 heteroatoms. The van der Waals surface area contributed by atoms with Crippen molar-refractivity contribution in [1.29, 1.82) is 0 Å². The van der Waals surface area contributed by atoms with Gasteiger partial charge in [0.1, 0.15) is 11.4 Å². The van der Waals surface area contributed by atoms with E-state index in [-0.39, 0.29) is 33.8 Å². The number of aromatic nitrogens is 4. The largest absolute Gasteiger partial charge is 0.483 e. The predicted molar refractivity (Wildman–Crippen MR) is 260 cm³/mol. The minimum atomic E-state index is -3.41. The van der Waals surface area contributed by atoms with E-state index in [4.69, 9.17) is 32.7 Å². The molecule has 0 spiro atoms. The van der Waals surface area contributed by atoms with Crippen molar-refractivity contribution in [2.24, 2.45) is 0 Å². The molecule has 4 aliphatic rings. The molecule has 2 saturated heterocycles. The first-order valence-electron chi connectivity index (χ1n) is 22.6. The highest BCUT2D eigenvalue weighted by atomic mass is 35.5. The van der Waals surface area contributed by atoms with E-state index < -0.39 is 25.8 Å². The van der Waals surface area contributed by atoms with E-state index in [1.54, 1.807) is 81.7 Å². The monoisotopic (exact) mass is 972 g/mol. The van der Waals surface area contributed by atoms with Crippen molar-refractivity contribution in [3.8, 4) is 22.9 Å². The fraction of sp³-hybridized carbons (Fsp3) is 0.565. The quantitative estimate of drug-likeness (QED) is 0.158. The van der Waals surface area contributed by atoms with Crippen molar-refractivity contribution < 1.29 is 22.1 Å². The Kier molecular flexibility index (Phi) is 15.4. The molecule has 2 aliphatic heterocycles. The highest BCUT2D eigenvalue weighted by Gasteiger charge is 2.38. The summed E-state index contributed by atoms with van der Waals surface area (Å²) in [5.41, 5.74) is 1.87. The molecule has 0 radical (unpaired) electrons. The number of hydrogen-bond acceptors (Lipinski definition) is 11. The first kappa shape index (κ1) is 48.9. The van der Waals surface area contributed by atoms with Crippen LogP contribution < -0.4 is 30.4 Å². The molecule has 4 fully saturated rings. The maximum absolute atomic E-state index is 13.5. The number of sulfonamides is 1. The molecule has 354 valence electrons. The number of rotatable bonds is 10. The molecule has 1 atom stereocenters. The third-order valence-electron chi connectivity index (χ3n) is 12.1. The Labute approximate surface area is 395 Å². The Morgan fingerprint density at radius 2 is 1.03 bits per heavy atom. The van der Waals surface area contributed by atoms with Crippen LogP contribution in [0.4, 0.5) is 11.4 Å². The molecule has 0 bridgehead atoms. The molecule has 2 aromatic carbocycles. The van der Waals surface area contributed by atoms with Crippen LogP contribution in [0.3, 0.4) is 0 Å². The fourth-order valence-corrected chi connectivity index (χ4v) is 11.6. The Balaban J connectivity index is 0.000000194. The summed E-state index contributed by atoms with van der Waals surface area (Å²) in [5, 5.41) is 9.90. The molecule has 65 heavy (non-hydrogen) atoms. The zero-order chi connectivity index (χ0) is 46.7. The number of piperazine rings is 2. The highest BCUT2D eigenvalue weighted by molar-refractivity contribution is 7.90. The first-order chi connectivity index (χ1) is 30.8. The standard InChI is InChI=1S/C23H31ClN4O4S.C23H31ClN4O3S/c1-23(2,3)33(30,31)27-13-11-26(12-14-27)20-16-25-28(18-8-6-7-17(24)15-18)22(29)21(20)32-19-9-4-5-10-19;1-23(2,3)32(30)27-13-11-26(12-14-27)20-16-25-28(18-8-6-7-17(24)15-18)22(29)21(20)31-19-9-4-5-10-19/h6-8,15-16,19H,4-5,9-14H2,1-3H3;6-8,15-16,19H,4-5,9-14H2,1-3H3. The molecule has 0 amide bonds. The summed E-state index contributed by atoms with van der Waals surface area (Å²) in [6.45, 7) is 15.3. The van der Waals surface area contributed by atoms with Gasteiger partial charge in [-0.3, -0.25) is 9.59 Å². The second-order valence-corrected chi connectivity index (χ2v) is 24.7. The van der Waals surface area contributed by atoms with Crippen LogP contribution in [0.25, 0.3) is 11.4 Å². The zero-order valence-electron chi connectivity index (χ0n) is 38.2. The van der Waals surface area contributed by atoms with Gasteiger partial charge in [0.05, 0.1) is 56.5 Å². The molecular weight excluding hydrogens is 912 g/mol. The van der Waals surface area contributed by atoms with E-state index >= 15 is 0 Å². The summed E-state index contributed by atoms with van der Waals surface area (Å²) in [7, 11) is -4.47. The van der Waals surface area contributed by atoms with Crippen LogP contribution in [0.5, 0.6) is 11.5 Å². The summed E-state index contributed by atoms with van der Waals surface area (Å²) in [4.78, 5) is 31.1. The van der Waals surface area contributed by atoms with Gasteiger partial charge in [0.2, 0.25) is 21.5 Å². The van der Waals surface area contributed by atoms with Crippen molar-refractivity contribution in [1.82, 2.24) is 28.2 Å². The van der Waals surface area contributed by atoms with E-state index in [1.165, 1.54) is 13.7 Å². The number of hydrogen-bond donors (Lipinski definition) is 0. The third kappa shape index (κ3) is 11.4. The Morgan fingerprint density at radius 1 is 0.631 bits per heavy atom. The van der Waals surface area contributed by atoms with Gasteiger partial charge < -0.3 is 19.3 Å². The molecule has 2 aromatic heterocycles. The van der Waals surface area contributed by atoms with Crippen molar-refractivity contribution in [3.63, 3.8) is 0 Å². The summed E-state index contributed by atoms with van der Waals surface area (Å²) < 4.78 is 56.0. The minimum Gasteiger partial charge on any atom is -0.483 e. The zero-order valence-corrected chi connectivity index (χ0v) is 41.4. The first-order valence-corrected chi connectivity index (χ1v) is 25.9. The molecule has 8 rings (SSSR count). The number of halogens is 2. The van der Waals surface area contributed by atoms with Crippen LogP contribution in [0.2, 0.25) is 10.0 Å². The Hall–Kier alpha value is -4.00. The van der Waals surface area contributed by atoms with Gasteiger partial charge in [-0.1, -0.05) is 35.3 Å². The lowest BCUT2D eigenvalue weighted by Crippen LogP contribution is -2.53. The predicted octanol–water partition coefficient (Wildman–Crippen LogP) is 7.25. The lowest BCUT2D eigenvalue weighted by Gasteiger charge is -2.38. The topological polar surface area (TPSA) is 152 Å². The molecule has 4 heterocycles. The Morgan fingerprint density at radius 3 is 1.40 bits per heavy atom. The van der Waals surface area contributed by atoms with Crippen molar-refractivity contribution in [2.75, 3.05) is 62.2 Å². The molecular formula is C46H62Cl2N8O7S2. The maximum atomic E-state index is 13.5. The number of benzene rings is 2. The van der Waals surface area contributed by atoms with Crippen LogP contribution in [-0.2, 0) is 21.0 Å². The lowest BCUT2D eigenvalue weighted by molar-refractivity contribution is 0.205. The van der Waals surface area contributed by atoms with E-state index in [1.807, 2.05) is 30.0 Å². The summed E-state index contributed by atoms with van der Waals surface area (Å²) in [5.74, 6) is 0.612. The van der Waals surface area contributed by atoms with Gasteiger partial charge in [-0.2, -0.15) is 23.9 Å². The van der Waals surface area contributed by atoms with Crippen molar-refractivity contribution >= 4 is 55.6 Å². The van der Waals surface area contributed by atoms with E-state index in [9.17, 15) is 22.2 Å². The normalized spacial score (nSPS) is 19.0. The summed E-state index contributed by atoms with van der Waals surface area (Å²) >= 11 is 12.3. The van der Waals surface area contributed by atoms with Crippen LogP contribution in [-0.4, -0.2) is 115 Å². The van der Waals surface area contributed by atoms with Gasteiger partial charge >= 0.3 is 11.1 Å². The van der Waals surface area contributed by atoms with E-state index in [0.29, 0.717) is 90.9 Å². The van der Waals surface area contributed by atoms with Crippen LogP contribution >= 0.6 is 23.2 Å². The SMILES string of the molecule is CC(C)(C)S(=O)(=O)N1CCN(c2cnn(-c3cccc(Cl)c3)c(=O)c2OC2CCCC2)CC1.CC(C)(C)S(=O)N1CCN(c2cnn(-c3cccc(Cl)c3)c(=O)c2OC2CCCC2)CC1. The second kappa shape index (κ2) is 20.5. The maximum Gasteiger partial charge on any atom is 0.316 e. The van der Waals surface area contributed by atoms with Gasteiger partial charge in [-0.05, 0) is 129 Å². The third-order valence-corrected chi connectivity index (χ3v) is 17.1. The van der Waals surface area contributed by atoms with Crippen molar-refractivity contribution in [3.05, 3.63) is 91.7 Å². The summed E-state index contributed by atoms with van der Waals surface area (Å²) in [6.07, 6.45) is 11.5. The second-order valence-electron chi connectivity index (χ2n) is 18.9. The Bertz CT molecular complexity index is 2550. The van der Waals surface area contributed by atoms with E-state index in [0.717, 1.165) is 51.4 Å². The highest BCUT2D eigenvalue weighted by Crippen LogP contribution is 2.33. The molecule has 2 saturated carbocycles. The molecule has 4 aromatic rings. The van der Waals surface area contributed by atoms with Gasteiger partial charge in [-0.25, -0.2) is 16.9 Å². The molecule has 15 nitrogen and oxygen atoms in total. The van der Waals surface area contributed by atoms with Crippen LogP contribution in [0.1, 0.15) is 92.9 Å². The summed E-state index contributed by atoms with van der Waals surface area (Å²) in [6, 6.07) is 14.1. The van der Waals surface area contributed by atoms with Gasteiger partial charge in [0, 0.05) is 62.4 Å².